The summed E-state index contributed by atoms with van der Waals surface area (Å²) in [6, 6.07) is 0.336. The lowest BCUT2D eigenvalue weighted by atomic mass is 9.58. The van der Waals surface area contributed by atoms with Crippen LogP contribution in [-0.2, 0) is 4.74 Å². The Morgan fingerprint density at radius 3 is 2.47 bits per heavy atom. The first-order valence-corrected chi connectivity index (χ1v) is 6.40. The van der Waals surface area contributed by atoms with Crippen LogP contribution in [0.4, 0.5) is 0 Å². The van der Waals surface area contributed by atoms with Crippen molar-refractivity contribution in [2.24, 2.45) is 28.0 Å². The van der Waals surface area contributed by atoms with Crippen LogP contribution in [0.1, 0.15) is 34.6 Å². The third kappa shape index (κ3) is 2.92. The minimum Gasteiger partial charge on any atom is -0.380 e. The van der Waals surface area contributed by atoms with Crippen LogP contribution in [0.15, 0.2) is 4.99 Å². The predicted octanol–water partition coefficient (Wildman–Crippen LogP) is 1.61. The molecule has 0 amide bonds. The van der Waals surface area contributed by atoms with E-state index in [9.17, 15) is 0 Å². The molecule has 3 atom stereocenters. The first-order valence-electron chi connectivity index (χ1n) is 6.40. The van der Waals surface area contributed by atoms with Crippen molar-refractivity contribution in [2.45, 2.75) is 46.8 Å². The highest BCUT2D eigenvalue weighted by Crippen LogP contribution is 2.46. The van der Waals surface area contributed by atoms with E-state index in [-0.39, 0.29) is 11.5 Å². The molecule has 100 valence electrons. The van der Waals surface area contributed by atoms with Gasteiger partial charge in [0.1, 0.15) is 0 Å². The van der Waals surface area contributed by atoms with Crippen LogP contribution in [0.25, 0.3) is 0 Å². The fourth-order valence-electron chi connectivity index (χ4n) is 2.91. The lowest BCUT2D eigenvalue weighted by Crippen LogP contribution is -2.68. The van der Waals surface area contributed by atoms with Crippen LogP contribution in [0, 0.1) is 17.3 Å². The molecule has 0 radical (unpaired) electrons. The number of nitrogens with one attached hydrogen (secondary N) is 1. The summed E-state index contributed by atoms with van der Waals surface area (Å²) in [7, 11) is 1.77. The number of nitrogens with two attached hydrogens (primary N) is 1. The zero-order valence-corrected chi connectivity index (χ0v) is 11.9. The molecule has 0 heterocycles. The Morgan fingerprint density at radius 2 is 2.06 bits per heavy atom. The van der Waals surface area contributed by atoms with Gasteiger partial charge >= 0.3 is 0 Å². The highest BCUT2D eigenvalue weighted by atomic mass is 16.5. The van der Waals surface area contributed by atoms with Crippen LogP contribution < -0.4 is 11.1 Å². The molecule has 0 aromatic heterocycles. The summed E-state index contributed by atoms with van der Waals surface area (Å²) in [5.41, 5.74) is 6.00. The average Bonchev–Trinajstić information content (AvgIpc) is 2.23. The van der Waals surface area contributed by atoms with Crippen molar-refractivity contribution < 1.29 is 4.74 Å². The fourth-order valence-corrected chi connectivity index (χ4v) is 2.91. The normalized spacial score (nSPS) is 32.4. The fraction of sp³-hybridized carbons (Fsp3) is 0.923. The molecule has 17 heavy (non-hydrogen) atoms. The van der Waals surface area contributed by atoms with E-state index in [4.69, 9.17) is 10.5 Å². The Balaban J connectivity index is 2.56. The first-order chi connectivity index (χ1) is 7.80. The van der Waals surface area contributed by atoms with E-state index in [0.29, 0.717) is 23.8 Å². The molecule has 0 aliphatic heterocycles. The Morgan fingerprint density at radius 1 is 1.47 bits per heavy atom. The maximum Gasteiger partial charge on any atom is 0.188 e. The SMILES string of the molecule is COC1C(C)C(NC(N)=NCC(C)C)C1(C)C. The van der Waals surface area contributed by atoms with Crippen molar-refractivity contribution in [3.63, 3.8) is 0 Å². The number of methoxy groups -OCH3 is 1. The second-order valence-corrected chi connectivity index (χ2v) is 6.08. The molecule has 1 fully saturated rings. The summed E-state index contributed by atoms with van der Waals surface area (Å²) in [6.45, 7) is 11.6. The highest BCUT2D eigenvalue weighted by molar-refractivity contribution is 5.78. The van der Waals surface area contributed by atoms with E-state index in [2.05, 4.69) is 44.9 Å². The van der Waals surface area contributed by atoms with Gasteiger partial charge in [-0.15, -0.1) is 0 Å². The number of nitrogens with zero attached hydrogens (tertiary/aromatic N) is 1. The third-order valence-electron chi connectivity index (χ3n) is 3.72. The molecule has 0 aromatic carbocycles. The standard InChI is InChI=1S/C13H27N3O/c1-8(2)7-15-12(14)16-10-9(3)11(17-6)13(10,4)5/h8-11H,7H2,1-6H3,(H3,14,15,16). The summed E-state index contributed by atoms with van der Waals surface area (Å²) in [5, 5.41) is 3.32. The van der Waals surface area contributed by atoms with Gasteiger partial charge in [0.05, 0.1) is 6.10 Å². The summed E-state index contributed by atoms with van der Waals surface area (Å²) in [4.78, 5) is 4.34. The van der Waals surface area contributed by atoms with Gasteiger partial charge in [-0.2, -0.15) is 0 Å². The van der Waals surface area contributed by atoms with Gasteiger partial charge in [0.25, 0.3) is 0 Å². The van der Waals surface area contributed by atoms with Crippen LogP contribution in [0.5, 0.6) is 0 Å². The lowest BCUT2D eigenvalue weighted by molar-refractivity contribution is -0.139. The number of hydrogen-bond donors (Lipinski definition) is 2. The molecule has 1 saturated carbocycles. The van der Waals surface area contributed by atoms with Crippen LogP contribution in [-0.4, -0.2) is 31.8 Å². The monoisotopic (exact) mass is 241 g/mol. The number of aliphatic imine (C=N–C) groups is 1. The maximum absolute atomic E-state index is 5.90. The van der Waals surface area contributed by atoms with Crippen molar-refractivity contribution in [2.75, 3.05) is 13.7 Å². The zero-order chi connectivity index (χ0) is 13.2. The van der Waals surface area contributed by atoms with E-state index in [0.717, 1.165) is 6.54 Å². The number of ether oxygens (including phenoxy) is 1. The second kappa shape index (κ2) is 5.25. The molecule has 0 aromatic rings. The average molecular weight is 241 g/mol. The first kappa shape index (κ1) is 14.3. The molecule has 3 unspecified atom stereocenters. The summed E-state index contributed by atoms with van der Waals surface area (Å²) >= 11 is 0. The number of rotatable bonds is 4. The van der Waals surface area contributed by atoms with Crippen LogP contribution in [0.2, 0.25) is 0 Å². The Hall–Kier alpha value is -0.770. The number of hydrogen-bond acceptors (Lipinski definition) is 2. The Kier molecular flexibility index (Phi) is 4.42. The summed E-state index contributed by atoms with van der Waals surface area (Å²) in [5.74, 6) is 1.55. The molecule has 0 saturated heterocycles. The zero-order valence-electron chi connectivity index (χ0n) is 11.9. The molecular weight excluding hydrogens is 214 g/mol. The molecular formula is C13H27N3O. The summed E-state index contributed by atoms with van der Waals surface area (Å²) < 4.78 is 5.50. The van der Waals surface area contributed by atoms with Gasteiger partial charge in [-0.1, -0.05) is 34.6 Å². The van der Waals surface area contributed by atoms with Gasteiger partial charge in [-0.05, 0) is 5.92 Å². The van der Waals surface area contributed by atoms with Gasteiger partial charge in [0, 0.05) is 31.0 Å². The van der Waals surface area contributed by atoms with Gasteiger partial charge in [-0.25, -0.2) is 0 Å². The van der Waals surface area contributed by atoms with E-state index in [1.165, 1.54) is 0 Å². The number of guanidine groups is 1. The molecule has 4 nitrogen and oxygen atoms in total. The topological polar surface area (TPSA) is 59.6 Å². The predicted molar refractivity (Wildman–Crippen MR) is 72.0 cm³/mol. The third-order valence-corrected chi connectivity index (χ3v) is 3.72. The maximum atomic E-state index is 5.90. The van der Waals surface area contributed by atoms with Crippen LogP contribution >= 0.6 is 0 Å². The molecule has 0 spiro atoms. The van der Waals surface area contributed by atoms with Crippen molar-refractivity contribution in [1.29, 1.82) is 0 Å². The van der Waals surface area contributed by atoms with Gasteiger partial charge in [-0.3, -0.25) is 4.99 Å². The Bertz CT molecular complexity index is 286. The molecule has 0 bridgehead atoms. The smallest absolute Gasteiger partial charge is 0.188 e. The Labute approximate surface area is 105 Å². The minimum atomic E-state index is 0.103. The van der Waals surface area contributed by atoms with Gasteiger partial charge in [0.15, 0.2) is 5.96 Å². The van der Waals surface area contributed by atoms with Crippen molar-refractivity contribution in [3.8, 4) is 0 Å². The lowest BCUT2D eigenvalue weighted by Gasteiger charge is -2.56. The summed E-state index contributed by atoms with van der Waals surface area (Å²) in [6.07, 6.45) is 0.290. The van der Waals surface area contributed by atoms with E-state index < -0.39 is 0 Å². The van der Waals surface area contributed by atoms with Crippen molar-refractivity contribution in [3.05, 3.63) is 0 Å². The van der Waals surface area contributed by atoms with Gasteiger partial charge < -0.3 is 15.8 Å². The minimum absolute atomic E-state index is 0.103. The largest absolute Gasteiger partial charge is 0.380 e. The highest BCUT2D eigenvalue weighted by Gasteiger charge is 2.54. The molecule has 4 heteroatoms. The molecule has 3 N–H and O–H groups in total. The van der Waals surface area contributed by atoms with Crippen LogP contribution in [0.3, 0.4) is 0 Å². The second-order valence-electron chi connectivity index (χ2n) is 6.08. The van der Waals surface area contributed by atoms with Gasteiger partial charge in [0.2, 0.25) is 0 Å². The van der Waals surface area contributed by atoms with E-state index >= 15 is 0 Å². The molecule has 1 aliphatic rings. The molecule has 1 rings (SSSR count). The van der Waals surface area contributed by atoms with Crippen molar-refractivity contribution >= 4 is 5.96 Å². The van der Waals surface area contributed by atoms with E-state index in [1.54, 1.807) is 7.11 Å². The van der Waals surface area contributed by atoms with Crippen molar-refractivity contribution in [1.82, 2.24) is 5.32 Å². The quantitative estimate of drug-likeness (QED) is 0.580. The van der Waals surface area contributed by atoms with E-state index in [1.807, 2.05) is 0 Å². The molecule has 1 aliphatic carbocycles.